The van der Waals surface area contributed by atoms with Crippen LogP contribution < -0.4 is 0 Å². The molecule has 10 heteroatoms. The standard InChI is InChI=1S/C18H26O10/c1-6-7-8-23-18-17(27-13(5)22)16(26-12(4)21)15(25-11(3)20)14(28-18)9-24-10(2)19/h7-8,14-18H,6,9H2,1-5H3/t14-,15-,16+,17-,18-/m1/s1. The van der Waals surface area contributed by atoms with Gasteiger partial charge >= 0.3 is 23.9 Å². The molecule has 5 atom stereocenters. The van der Waals surface area contributed by atoms with Crippen LogP contribution in [0.25, 0.3) is 0 Å². The topological polar surface area (TPSA) is 124 Å². The second-order valence-corrected chi connectivity index (χ2v) is 5.98. The molecule has 0 N–H and O–H groups in total. The van der Waals surface area contributed by atoms with E-state index < -0.39 is 54.6 Å². The van der Waals surface area contributed by atoms with Gasteiger partial charge in [0.1, 0.15) is 12.7 Å². The number of esters is 4. The molecule has 28 heavy (non-hydrogen) atoms. The van der Waals surface area contributed by atoms with Gasteiger partial charge in [-0.05, 0) is 12.5 Å². The molecule has 0 bridgehead atoms. The lowest BCUT2D eigenvalue weighted by Gasteiger charge is -2.43. The Labute approximate surface area is 163 Å². The fourth-order valence-electron chi connectivity index (χ4n) is 2.53. The number of ether oxygens (including phenoxy) is 6. The molecule has 0 unspecified atom stereocenters. The van der Waals surface area contributed by atoms with Gasteiger partial charge in [-0.25, -0.2) is 0 Å². The Hall–Kier alpha value is -2.62. The zero-order valence-corrected chi connectivity index (χ0v) is 16.5. The van der Waals surface area contributed by atoms with Crippen molar-refractivity contribution in [1.29, 1.82) is 0 Å². The van der Waals surface area contributed by atoms with Crippen LogP contribution in [0.4, 0.5) is 0 Å². The molecule has 1 saturated heterocycles. The molecule has 0 radical (unpaired) electrons. The molecular formula is C18H26O10. The molecular weight excluding hydrogens is 376 g/mol. The summed E-state index contributed by atoms with van der Waals surface area (Å²) in [5, 5.41) is 0. The number of allylic oxidation sites excluding steroid dienone is 1. The van der Waals surface area contributed by atoms with Crippen LogP contribution in [0, 0.1) is 0 Å². The molecule has 0 amide bonds. The SMILES string of the molecule is CCC=CO[C@@H]1O[C@H](COC(C)=O)[C@@H](OC(C)=O)[C@H](OC(C)=O)[C@H]1OC(C)=O. The van der Waals surface area contributed by atoms with Gasteiger partial charge in [0.05, 0.1) is 6.26 Å². The van der Waals surface area contributed by atoms with Crippen molar-refractivity contribution in [2.45, 2.75) is 71.7 Å². The van der Waals surface area contributed by atoms with Crippen molar-refractivity contribution in [2.24, 2.45) is 0 Å². The van der Waals surface area contributed by atoms with Gasteiger partial charge in [-0.2, -0.15) is 0 Å². The molecule has 1 fully saturated rings. The van der Waals surface area contributed by atoms with Gasteiger partial charge in [0.25, 0.3) is 0 Å². The molecule has 0 aromatic rings. The van der Waals surface area contributed by atoms with Crippen molar-refractivity contribution in [3.05, 3.63) is 12.3 Å². The van der Waals surface area contributed by atoms with Crippen molar-refractivity contribution in [2.75, 3.05) is 6.61 Å². The Morgan fingerprint density at radius 3 is 1.86 bits per heavy atom. The number of hydrogen-bond acceptors (Lipinski definition) is 10. The predicted molar refractivity (Wildman–Crippen MR) is 92.5 cm³/mol. The molecule has 158 valence electrons. The van der Waals surface area contributed by atoms with Crippen molar-refractivity contribution in [3.63, 3.8) is 0 Å². The lowest BCUT2D eigenvalue weighted by molar-refractivity contribution is -0.297. The van der Waals surface area contributed by atoms with E-state index in [1.165, 1.54) is 13.2 Å². The van der Waals surface area contributed by atoms with E-state index in [0.717, 1.165) is 20.8 Å². The van der Waals surface area contributed by atoms with Gasteiger partial charge in [-0.1, -0.05) is 6.92 Å². The number of rotatable bonds is 8. The third kappa shape index (κ3) is 7.55. The zero-order chi connectivity index (χ0) is 21.3. The summed E-state index contributed by atoms with van der Waals surface area (Å²) in [5.74, 6) is -2.65. The summed E-state index contributed by atoms with van der Waals surface area (Å²) < 4.78 is 31.9. The summed E-state index contributed by atoms with van der Waals surface area (Å²) in [6, 6.07) is 0. The first-order valence-corrected chi connectivity index (χ1v) is 8.76. The van der Waals surface area contributed by atoms with E-state index in [9.17, 15) is 19.2 Å². The molecule has 1 aliphatic rings. The molecule has 0 aromatic carbocycles. The lowest BCUT2D eigenvalue weighted by atomic mass is 9.98. The van der Waals surface area contributed by atoms with Crippen LogP contribution in [0.3, 0.4) is 0 Å². The lowest BCUT2D eigenvalue weighted by Crippen LogP contribution is -2.62. The summed E-state index contributed by atoms with van der Waals surface area (Å²) in [6.45, 7) is 6.25. The number of carbonyl (C=O) groups excluding carboxylic acids is 4. The van der Waals surface area contributed by atoms with Gasteiger partial charge < -0.3 is 28.4 Å². The van der Waals surface area contributed by atoms with Crippen LogP contribution in [0.1, 0.15) is 41.0 Å². The normalized spacial score (nSPS) is 27.0. The highest BCUT2D eigenvalue weighted by Gasteiger charge is 2.53. The van der Waals surface area contributed by atoms with E-state index in [4.69, 9.17) is 28.4 Å². The van der Waals surface area contributed by atoms with Crippen LogP contribution >= 0.6 is 0 Å². The third-order valence-electron chi connectivity index (χ3n) is 3.49. The second kappa shape index (κ2) is 11.3. The zero-order valence-electron chi connectivity index (χ0n) is 16.5. The van der Waals surface area contributed by atoms with Crippen LogP contribution in [0.2, 0.25) is 0 Å². The van der Waals surface area contributed by atoms with E-state index in [1.54, 1.807) is 6.08 Å². The second-order valence-electron chi connectivity index (χ2n) is 5.98. The fraction of sp³-hybridized carbons (Fsp3) is 0.667. The molecule has 0 saturated carbocycles. The molecule has 1 heterocycles. The first-order valence-electron chi connectivity index (χ1n) is 8.76. The highest BCUT2D eigenvalue weighted by molar-refractivity contribution is 5.68. The van der Waals surface area contributed by atoms with E-state index in [1.807, 2.05) is 6.92 Å². The average molecular weight is 402 g/mol. The van der Waals surface area contributed by atoms with Crippen molar-refractivity contribution < 1.29 is 47.6 Å². The number of carbonyl (C=O) groups is 4. The first-order chi connectivity index (χ1) is 13.1. The van der Waals surface area contributed by atoms with Crippen LogP contribution in [-0.4, -0.2) is 61.2 Å². The Morgan fingerprint density at radius 2 is 1.36 bits per heavy atom. The summed E-state index contributed by atoms with van der Waals surface area (Å²) in [5.41, 5.74) is 0. The monoisotopic (exact) mass is 402 g/mol. The predicted octanol–water partition coefficient (Wildman–Crippen LogP) is 1.01. The number of hydrogen-bond donors (Lipinski definition) is 0. The average Bonchev–Trinajstić information content (AvgIpc) is 2.57. The van der Waals surface area contributed by atoms with Crippen LogP contribution in [0.5, 0.6) is 0 Å². The van der Waals surface area contributed by atoms with Crippen molar-refractivity contribution >= 4 is 23.9 Å². The van der Waals surface area contributed by atoms with Crippen molar-refractivity contribution in [1.82, 2.24) is 0 Å². The van der Waals surface area contributed by atoms with E-state index >= 15 is 0 Å². The maximum atomic E-state index is 11.6. The Kier molecular flexibility index (Phi) is 9.43. The molecule has 1 rings (SSSR count). The Balaban J connectivity index is 3.26. The third-order valence-corrected chi connectivity index (χ3v) is 3.49. The van der Waals surface area contributed by atoms with Gasteiger partial charge in [0.15, 0.2) is 12.2 Å². The maximum Gasteiger partial charge on any atom is 0.303 e. The summed E-state index contributed by atoms with van der Waals surface area (Å²) in [7, 11) is 0. The fourth-order valence-corrected chi connectivity index (χ4v) is 2.53. The summed E-state index contributed by atoms with van der Waals surface area (Å²) >= 11 is 0. The van der Waals surface area contributed by atoms with Gasteiger partial charge in [0.2, 0.25) is 12.4 Å². The summed E-state index contributed by atoms with van der Waals surface area (Å²) in [6.07, 6.45) is -2.16. The van der Waals surface area contributed by atoms with Gasteiger partial charge in [-0.3, -0.25) is 19.2 Å². The van der Waals surface area contributed by atoms with Crippen molar-refractivity contribution in [3.8, 4) is 0 Å². The quantitative estimate of drug-likeness (QED) is 0.330. The minimum Gasteiger partial charge on any atom is -0.469 e. The molecule has 0 spiro atoms. The first kappa shape index (κ1) is 23.4. The minimum atomic E-state index is -1.24. The largest absolute Gasteiger partial charge is 0.469 e. The Morgan fingerprint density at radius 1 is 0.821 bits per heavy atom. The van der Waals surface area contributed by atoms with Gasteiger partial charge in [0, 0.05) is 27.7 Å². The Bertz CT molecular complexity index is 599. The summed E-state index contributed by atoms with van der Waals surface area (Å²) in [4.78, 5) is 46.0. The molecule has 0 aliphatic carbocycles. The van der Waals surface area contributed by atoms with E-state index in [2.05, 4.69) is 0 Å². The van der Waals surface area contributed by atoms with Crippen LogP contribution in [-0.2, 0) is 47.6 Å². The molecule has 10 nitrogen and oxygen atoms in total. The van der Waals surface area contributed by atoms with Gasteiger partial charge in [-0.15, -0.1) is 0 Å². The van der Waals surface area contributed by atoms with E-state index in [-0.39, 0.29) is 6.61 Å². The molecule has 0 aromatic heterocycles. The highest BCUT2D eigenvalue weighted by Crippen LogP contribution is 2.30. The van der Waals surface area contributed by atoms with Crippen LogP contribution in [0.15, 0.2) is 12.3 Å². The highest BCUT2D eigenvalue weighted by atomic mass is 16.7. The minimum absolute atomic E-state index is 0.296. The maximum absolute atomic E-state index is 11.6. The smallest absolute Gasteiger partial charge is 0.303 e. The molecule has 1 aliphatic heterocycles. The van der Waals surface area contributed by atoms with E-state index in [0.29, 0.717) is 6.42 Å².